The molecule has 3 rings (SSSR count). The zero-order chi connectivity index (χ0) is 38.7. The highest BCUT2D eigenvalue weighted by Crippen LogP contribution is 2.20. The fraction of sp³-hybridized carbons (Fsp3) is 0.469. The van der Waals surface area contributed by atoms with Crippen LogP contribution in [0.2, 0.25) is 0 Å². The molecule has 282 valence electrons. The van der Waals surface area contributed by atoms with Crippen LogP contribution in [-0.4, -0.2) is 116 Å². The fourth-order valence-corrected chi connectivity index (χ4v) is 5.70. The third-order valence-corrected chi connectivity index (χ3v) is 8.38. The van der Waals surface area contributed by atoms with E-state index >= 15 is 0 Å². The third kappa shape index (κ3) is 11.2. The number of aliphatic carboxylic acids is 2. The summed E-state index contributed by atoms with van der Waals surface area (Å²) in [6, 6.07) is -1.23. The molecule has 1 aromatic carbocycles. The maximum atomic E-state index is 13.3. The highest BCUT2D eigenvalue weighted by Gasteiger charge is 2.38. The number of carbonyl (C=O) groups is 9. The van der Waals surface area contributed by atoms with Crippen LogP contribution in [-0.2, 0) is 49.6 Å². The number of amides is 7. The molecule has 0 bridgehead atoms. The largest absolute Gasteiger partial charge is 0.481 e. The molecule has 1 aliphatic rings. The van der Waals surface area contributed by atoms with Crippen molar-refractivity contribution in [1.29, 1.82) is 0 Å². The van der Waals surface area contributed by atoms with Crippen molar-refractivity contribution < 1.29 is 53.4 Å². The van der Waals surface area contributed by atoms with Crippen molar-refractivity contribution in [3.05, 3.63) is 36.0 Å². The summed E-state index contributed by atoms with van der Waals surface area (Å²) in [6.07, 6.45) is -0.389. The van der Waals surface area contributed by atoms with Gasteiger partial charge in [0.15, 0.2) is 0 Å². The summed E-state index contributed by atoms with van der Waals surface area (Å²) >= 11 is 0. The maximum Gasteiger partial charge on any atom is 0.305 e. The van der Waals surface area contributed by atoms with Gasteiger partial charge in [-0.2, -0.15) is 0 Å². The van der Waals surface area contributed by atoms with Crippen LogP contribution in [0, 0.1) is 0 Å². The number of nitrogens with one attached hydrogen (secondary N) is 5. The standard InChI is InChI=1S/C32H43N9O11/c1-15(37-29(49)18(33)11-16-14-36-19-6-3-2-5-17(16)19)28(48)39-22(13-26(45)46)31(51)40-21(12-24(34)42)30(50)38-20(8-9-25(43)44)32(52)41-10-4-7-23(41)27(35)47/h2-3,5-6,14-15,18,20-23,36H,4,7-13,33H2,1H3,(H2,34,42)(H2,35,47)(H,37,49)(H,38,50)(H,39,48)(H,40,51)(H,43,44)(H,45,46)/t15-,18-,20-,21-,22-,23-/m0/s1. The Balaban J connectivity index is 1.69. The molecule has 0 radical (unpaired) electrons. The van der Waals surface area contributed by atoms with Crippen LogP contribution in [0.15, 0.2) is 30.5 Å². The van der Waals surface area contributed by atoms with Gasteiger partial charge in [-0.15, -0.1) is 0 Å². The smallest absolute Gasteiger partial charge is 0.305 e. The number of aromatic nitrogens is 1. The molecule has 0 aliphatic carbocycles. The number of nitrogens with zero attached hydrogens (tertiary/aromatic N) is 1. The quantitative estimate of drug-likeness (QED) is 0.0679. The third-order valence-electron chi connectivity index (χ3n) is 8.38. The first-order valence-electron chi connectivity index (χ1n) is 16.3. The molecule has 52 heavy (non-hydrogen) atoms. The van der Waals surface area contributed by atoms with E-state index in [-0.39, 0.29) is 19.4 Å². The van der Waals surface area contributed by atoms with E-state index in [1.165, 1.54) is 6.92 Å². The Kier molecular flexibility index (Phi) is 14.2. The average Bonchev–Trinajstić information content (AvgIpc) is 3.73. The molecule has 0 spiro atoms. The average molecular weight is 730 g/mol. The van der Waals surface area contributed by atoms with Crippen LogP contribution in [0.25, 0.3) is 10.9 Å². The molecular formula is C32H43N9O11. The Labute approximate surface area is 296 Å². The Bertz CT molecular complexity index is 1710. The van der Waals surface area contributed by atoms with Gasteiger partial charge in [-0.3, -0.25) is 43.2 Å². The molecular weight excluding hydrogens is 686 g/mol. The van der Waals surface area contributed by atoms with Gasteiger partial charge in [0.1, 0.15) is 30.2 Å². The number of carbonyl (C=O) groups excluding carboxylic acids is 7. The number of likely N-dealkylation sites (tertiary alicyclic amines) is 1. The summed E-state index contributed by atoms with van der Waals surface area (Å²) in [7, 11) is 0. The molecule has 20 nitrogen and oxygen atoms in total. The molecule has 1 aromatic heterocycles. The summed E-state index contributed by atoms with van der Waals surface area (Å²) < 4.78 is 0. The number of H-pyrrole nitrogens is 1. The topological polar surface area (TPSA) is 339 Å². The fourth-order valence-electron chi connectivity index (χ4n) is 5.70. The van der Waals surface area contributed by atoms with Crippen molar-refractivity contribution in [3.63, 3.8) is 0 Å². The number of rotatable bonds is 19. The van der Waals surface area contributed by atoms with E-state index in [0.717, 1.165) is 21.4 Å². The lowest BCUT2D eigenvalue weighted by atomic mass is 10.0. The lowest BCUT2D eigenvalue weighted by molar-refractivity contribution is -0.143. The summed E-state index contributed by atoms with van der Waals surface area (Å²) in [4.78, 5) is 117. The second kappa shape index (κ2) is 18.3. The van der Waals surface area contributed by atoms with Crippen LogP contribution in [0.1, 0.15) is 51.0 Å². The molecule has 13 N–H and O–H groups in total. The second-order valence-electron chi connectivity index (χ2n) is 12.4. The van der Waals surface area contributed by atoms with Crippen LogP contribution >= 0.6 is 0 Å². The number of carboxylic acids is 2. The first-order chi connectivity index (χ1) is 24.5. The van der Waals surface area contributed by atoms with E-state index in [4.69, 9.17) is 17.2 Å². The number of nitrogens with two attached hydrogens (primary N) is 3. The Morgan fingerprint density at radius 2 is 1.46 bits per heavy atom. The van der Waals surface area contributed by atoms with Crippen LogP contribution in [0.4, 0.5) is 0 Å². The van der Waals surface area contributed by atoms with Crippen LogP contribution < -0.4 is 38.5 Å². The van der Waals surface area contributed by atoms with Crippen molar-refractivity contribution in [3.8, 4) is 0 Å². The zero-order valence-corrected chi connectivity index (χ0v) is 28.3. The molecule has 6 atom stereocenters. The van der Waals surface area contributed by atoms with Crippen molar-refractivity contribution in [2.24, 2.45) is 17.2 Å². The van der Waals surface area contributed by atoms with Gasteiger partial charge in [0.2, 0.25) is 41.4 Å². The number of carboxylic acid groups (broad SMARTS) is 2. The van der Waals surface area contributed by atoms with Gasteiger partial charge >= 0.3 is 11.9 Å². The minimum Gasteiger partial charge on any atom is -0.481 e. The summed E-state index contributed by atoms with van der Waals surface area (Å²) in [5, 5.41) is 28.5. The van der Waals surface area contributed by atoms with E-state index in [0.29, 0.717) is 6.42 Å². The maximum absolute atomic E-state index is 13.3. The van der Waals surface area contributed by atoms with Gasteiger partial charge < -0.3 is 58.6 Å². The molecule has 7 amide bonds. The van der Waals surface area contributed by atoms with Gasteiger partial charge in [-0.1, -0.05) is 18.2 Å². The van der Waals surface area contributed by atoms with Gasteiger partial charge in [-0.25, -0.2) is 0 Å². The number of para-hydroxylation sites is 1. The number of benzene rings is 1. The minimum atomic E-state index is -1.84. The number of hydrogen-bond donors (Lipinski definition) is 10. The summed E-state index contributed by atoms with van der Waals surface area (Å²) in [5.74, 6) is -9.69. The van der Waals surface area contributed by atoms with E-state index in [2.05, 4.69) is 26.3 Å². The number of hydrogen-bond acceptors (Lipinski definition) is 10. The lowest BCUT2D eigenvalue weighted by Crippen LogP contribution is -2.60. The van der Waals surface area contributed by atoms with E-state index in [1.807, 2.05) is 24.3 Å². The highest BCUT2D eigenvalue weighted by atomic mass is 16.4. The minimum absolute atomic E-state index is 0.0960. The van der Waals surface area contributed by atoms with Crippen LogP contribution in [0.5, 0.6) is 0 Å². The van der Waals surface area contributed by atoms with E-state index < -0.39 is 115 Å². The van der Waals surface area contributed by atoms with Crippen LogP contribution in [0.3, 0.4) is 0 Å². The van der Waals surface area contributed by atoms with Gasteiger partial charge in [0, 0.05) is 30.1 Å². The van der Waals surface area contributed by atoms with Gasteiger partial charge in [-0.05, 0) is 44.2 Å². The van der Waals surface area contributed by atoms with Gasteiger partial charge in [0.05, 0.1) is 18.9 Å². The summed E-state index contributed by atoms with van der Waals surface area (Å²) in [6.45, 7) is 1.36. The molecule has 1 aliphatic heterocycles. The van der Waals surface area contributed by atoms with Crippen molar-refractivity contribution in [2.45, 2.75) is 88.1 Å². The number of aromatic amines is 1. The summed E-state index contributed by atoms with van der Waals surface area (Å²) in [5.41, 5.74) is 18.3. The molecule has 2 heterocycles. The molecule has 0 unspecified atom stereocenters. The molecule has 1 fully saturated rings. The Hall–Kier alpha value is -6.05. The van der Waals surface area contributed by atoms with Crippen molar-refractivity contribution in [1.82, 2.24) is 31.2 Å². The molecule has 20 heteroatoms. The first kappa shape index (κ1) is 40.4. The Morgan fingerprint density at radius 3 is 2.08 bits per heavy atom. The predicted molar refractivity (Wildman–Crippen MR) is 180 cm³/mol. The SMILES string of the molecule is C[C@H](NC(=O)[C@@H](N)Cc1c[nH]c2ccccc12)C(=O)N[C@@H](CC(=O)O)C(=O)N[C@@H](CC(N)=O)C(=O)N[C@@H](CCC(=O)O)C(=O)N1CCC[C@H]1C(N)=O. The van der Waals surface area contributed by atoms with E-state index in [1.54, 1.807) is 6.20 Å². The highest BCUT2D eigenvalue weighted by molar-refractivity contribution is 5.99. The molecule has 2 aromatic rings. The van der Waals surface area contributed by atoms with Crippen molar-refractivity contribution in [2.75, 3.05) is 6.54 Å². The van der Waals surface area contributed by atoms with E-state index in [9.17, 15) is 53.4 Å². The number of primary amides is 2. The second-order valence-corrected chi connectivity index (χ2v) is 12.4. The lowest BCUT2D eigenvalue weighted by Gasteiger charge is -2.29. The van der Waals surface area contributed by atoms with Gasteiger partial charge in [0.25, 0.3) is 0 Å². The molecule has 1 saturated heterocycles. The normalized spacial score (nSPS) is 16.8. The molecule has 0 saturated carbocycles. The zero-order valence-electron chi connectivity index (χ0n) is 28.3. The first-order valence-corrected chi connectivity index (χ1v) is 16.3. The monoisotopic (exact) mass is 729 g/mol. The van der Waals surface area contributed by atoms with Crippen molar-refractivity contribution >= 4 is 64.2 Å². The predicted octanol–water partition coefficient (Wildman–Crippen LogP) is -3.31. The number of fused-ring (bicyclic) bond motifs is 1. The Morgan fingerprint density at radius 1 is 0.846 bits per heavy atom.